The molecule has 0 aliphatic heterocycles. The summed E-state index contributed by atoms with van der Waals surface area (Å²) < 4.78 is 1.87. The van der Waals surface area contributed by atoms with Gasteiger partial charge in [0, 0.05) is 24.2 Å². The van der Waals surface area contributed by atoms with Crippen molar-refractivity contribution in [1.29, 1.82) is 0 Å². The molecule has 27 heavy (non-hydrogen) atoms. The first-order valence-corrected chi connectivity index (χ1v) is 8.78. The molecular formula is C18H19ClN6O2. The van der Waals surface area contributed by atoms with Crippen LogP contribution in [0.15, 0.2) is 48.7 Å². The second kappa shape index (κ2) is 8.50. The van der Waals surface area contributed by atoms with E-state index in [-0.39, 0.29) is 12.3 Å². The van der Waals surface area contributed by atoms with Crippen LogP contribution < -0.4 is 16.4 Å². The Kier molecular flexibility index (Phi) is 5.87. The summed E-state index contributed by atoms with van der Waals surface area (Å²) in [6.45, 7) is 0.389. The number of carbonyl (C=O) groups is 2. The summed E-state index contributed by atoms with van der Waals surface area (Å²) in [6.07, 6.45) is 2.42. The predicted octanol–water partition coefficient (Wildman–Crippen LogP) is 1.84. The molecule has 3 aromatic rings. The van der Waals surface area contributed by atoms with Crippen molar-refractivity contribution >= 4 is 29.2 Å². The van der Waals surface area contributed by atoms with Gasteiger partial charge in [-0.05, 0) is 23.8 Å². The van der Waals surface area contributed by atoms with E-state index in [9.17, 15) is 9.59 Å². The number of benzene rings is 1. The summed E-state index contributed by atoms with van der Waals surface area (Å²) in [5.41, 5.74) is 6.62. The molecule has 1 aromatic carbocycles. The molecular weight excluding hydrogens is 368 g/mol. The second-order valence-electron chi connectivity index (χ2n) is 5.93. The van der Waals surface area contributed by atoms with E-state index < -0.39 is 12.1 Å². The smallest absolute Gasteiger partial charge is 0.312 e. The molecule has 1 atom stereocenters. The molecule has 0 aliphatic carbocycles. The molecule has 4 N–H and O–H groups in total. The number of carbonyl (C=O) groups excluding carboxylic acids is 2. The van der Waals surface area contributed by atoms with Crippen LogP contribution in [0.25, 0.3) is 5.65 Å². The third-order valence-corrected chi connectivity index (χ3v) is 4.39. The third kappa shape index (κ3) is 4.73. The van der Waals surface area contributed by atoms with Gasteiger partial charge in [0.1, 0.15) is 5.82 Å². The van der Waals surface area contributed by atoms with Crippen molar-refractivity contribution in [2.45, 2.75) is 18.9 Å². The van der Waals surface area contributed by atoms with Crippen LogP contribution in [-0.2, 0) is 11.2 Å². The monoisotopic (exact) mass is 386 g/mol. The maximum atomic E-state index is 12.3. The van der Waals surface area contributed by atoms with Crippen molar-refractivity contribution in [2.24, 2.45) is 5.73 Å². The van der Waals surface area contributed by atoms with Crippen molar-refractivity contribution in [3.05, 3.63) is 65.1 Å². The highest BCUT2D eigenvalue weighted by atomic mass is 35.5. The van der Waals surface area contributed by atoms with Crippen LogP contribution >= 0.6 is 11.6 Å². The minimum Gasteiger partial charge on any atom is -0.356 e. The zero-order valence-electron chi connectivity index (χ0n) is 14.4. The lowest BCUT2D eigenvalue weighted by Crippen LogP contribution is -2.37. The predicted molar refractivity (Wildman–Crippen MR) is 101 cm³/mol. The number of halogens is 1. The molecule has 2 aromatic heterocycles. The number of pyridine rings is 1. The van der Waals surface area contributed by atoms with E-state index >= 15 is 0 Å². The lowest BCUT2D eigenvalue weighted by atomic mass is 10.0. The number of amides is 3. The first kappa shape index (κ1) is 18.7. The lowest BCUT2D eigenvalue weighted by molar-refractivity contribution is -0.121. The molecule has 0 bridgehead atoms. The molecule has 1 unspecified atom stereocenters. The van der Waals surface area contributed by atoms with Crippen molar-refractivity contribution < 1.29 is 9.59 Å². The highest BCUT2D eigenvalue weighted by Gasteiger charge is 2.19. The molecule has 0 spiro atoms. The van der Waals surface area contributed by atoms with E-state index in [1.54, 1.807) is 24.3 Å². The van der Waals surface area contributed by atoms with Crippen molar-refractivity contribution in [1.82, 2.24) is 25.2 Å². The van der Waals surface area contributed by atoms with Crippen LogP contribution in [0, 0.1) is 0 Å². The van der Waals surface area contributed by atoms with Gasteiger partial charge in [0.25, 0.3) is 0 Å². The molecule has 0 radical (unpaired) electrons. The number of fused-ring (bicyclic) bond motifs is 1. The van der Waals surface area contributed by atoms with Crippen LogP contribution in [0.1, 0.15) is 23.9 Å². The fraction of sp³-hybridized carbons (Fsp3) is 0.222. The van der Waals surface area contributed by atoms with Crippen LogP contribution in [0.5, 0.6) is 0 Å². The topological polar surface area (TPSA) is 114 Å². The number of hydrogen-bond donors (Lipinski definition) is 3. The van der Waals surface area contributed by atoms with E-state index in [0.717, 1.165) is 11.5 Å². The Bertz CT molecular complexity index is 958. The van der Waals surface area contributed by atoms with E-state index in [0.29, 0.717) is 23.6 Å². The van der Waals surface area contributed by atoms with Gasteiger partial charge >= 0.3 is 6.03 Å². The summed E-state index contributed by atoms with van der Waals surface area (Å²) in [6, 6.07) is 11.3. The van der Waals surface area contributed by atoms with E-state index in [4.69, 9.17) is 17.3 Å². The summed E-state index contributed by atoms with van der Waals surface area (Å²) in [5.74, 6) is 0.520. The highest BCUT2D eigenvalue weighted by molar-refractivity contribution is 6.31. The summed E-state index contributed by atoms with van der Waals surface area (Å²) in [4.78, 5) is 23.6. The number of aromatic nitrogens is 3. The molecule has 3 rings (SSSR count). The number of rotatable bonds is 7. The number of nitrogens with one attached hydrogen (secondary N) is 2. The van der Waals surface area contributed by atoms with Gasteiger partial charge in [-0.3, -0.25) is 9.20 Å². The van der Waals surface area contributed by atoms with Gasteiger partial charge in [-0.15, -0.1) is 10.2 Å². The molecule has 3 amide bonds. The molecule has 0 fully saturated rings. The Balaban J connectivity index is 1.59. The molecule has 8 nitrogen and oxygen atoms in total. The van der Waals surface area contributed by atoms with Gasteiger partial charge in [-0.25, -0.2) is 4.79 Å². The van der Waals surface area contributed by atoms with Gasteiger partial charge < -0.3 is 16.4 Å². The van der Waals surface area contributed by atoms with Gasteiger partial charge in [-0.2, -0.15) is 0 Å². The quantitative estimate of drug-likeness (QED) is 0.574. The molecule has 140 valence electrons. The Hall–Kier alpha value is -3.13. The van der Waals surface area contributed by atoms with Gasteiger partial charge in [0.15, 0.2) is 5.65 Å². The number of nitrogens with two attached hydrogens (primary N) is 1. The van der Waals surface area contributed by atoms with Crippen LogP contribution in [0.3, 0.4) is 0 Å². The van der Waals surface area contributed by atoms with E-state index in [2.05, 4.69) is 20.8 Å². The van der Waals surface area contributed by atoms with Crippen LogP contribution in [0.2, 0.25) is 5.02 Å². The number of urea groups is 1. The fourth-order valence-electron chi connectivity index (χ4n) is 2.80. The zero-order valence-corrected chi connectivity index (χ0v) is 15.2. The molecule has 0 aliphatic rings. The average Bonchev–Trinajstić information content (AvgIpc) is 3.04. The van der Waals surface area contributed by atoms with Gasteiger partial charge in [-0.1, -0.05) is 35.9 Å². The lowest BCUT2D eigenvalue weighted by Gasteiger charge is -2.18. The minimum absolute atomic E-state index is 0.0211. The van der Waals surface area contributed by atoms with Crippen molar-refractivity contribution in [2.75, 3.05) is 6.54 Å². The van der Waals surface area contributed by atoms with Crippen molar-refractivity contribution in [3.63, 3.8) is 0 Å². The van der Waals surface area contributed by atoms with Crippen LogP contribution in [0.4, 0.5) is 4.79 Å². The summed E-state index contributed by atoms with van der Waals surface area (Å²) >= 11 is 6.17. The molecule has 2 heterocycles. The number of primary amides is 1. The minimum atomic E-state index is -0.720. The SMILES string of the molecule is NC(=O)NC(CC(=O)NCCc1nnc2ccccn12)c1ccccc1Cl. The maximum Gasteiger partial charge on any atom is 0.312 e. The fourth-order valence-corrected chi connectivity index (χ4v) is 3.07. The zero-order chi connectivity index (χ0) is 19.2. The first-order chi connectivity index (χ1) is 13.0. The highest BCUT2D eigenvalue weighted by Crippen LogP contribution is 2.24. The van der Waals surface area contributed by atoms with Crippen molar-refractivity contribution in [3.8, 4) is 0 Å². The molecule has 0 saturated carbocycles. The Morgan fingerprint density at radius 2 is 1.93 bits per heavy atom. The summed E-state index contributed by atoms with van der Waals surface area (Å²) in [7, 11) is 0. The number of hydrogen-bond acceptors (Lipinski definition) is 4. The van der Waals surface area contributed by atoms with E-state index in [1.807, 2.05) is 28.8 Å². The largest absolute Gasteiger partial charge is 0.356 e. The maximum absolute atomic E-state index is 12.3. The van der Waals surface area contributed by atoms with Crippen LogP contribution in [-0.4, -0.2) is 33.1 Å². The Morgan fingerprint density at radius 1 is 1.15 bits per heavy atom. The third-order valence-electron chi connectivity index (χ3n) is 4.04. The first-order valence-electron chi connectivity index (χ1n) is 8.40. The number of nitrogens with zero attached hydrogens (tertiary/aromatic N) is 3. The average molecular weight is 387 g/mol. The normalized spacial score (nSPS) is 11.9. The standard InChI is InChI=1S/C18H19ClN6O2/c19-13-6-2-1-5-12(13)14(22-18(20)27)11-17(26)21-9-8-16-24-23-15-7-3-4-10-25(15)16/h1-7,10,14H,8-9,11H2,(H,21,26)(H3,20,22,27). The molecule has 0 saturated heterocycles. The molecule has 9 heteroatoms. The Morgan fingerprint density at radius 3 is 2.70 bits per heavy atom. The second-order valence-corrected chi connectivity index (χ2v) is 6.34. The Labute approximate surface area is 160 Å². The van der Waals surface area contributed by atoms with Gasteiger partial charge in [0.2, 0.25) is 5.91 Å². The van der Waals surface area contributed by atoms with E-state index in [1.165, 1.54) is 0 Å². The summed E-state index contributed by atoms with van der Waals surface area (Å²) in [5, 5.41) is 14.0. The van der Waals surface area contributed by atoms with Gasteiger partial charge in [0.05, 0.1) is 12.5 Å².